The maximum atomic E-state index is 7.61. The van der Waals surface area contributed by atoms with Crippen molar-refractivity contribution in [3.05, 3.63) is 0 Å². The third-order valence-corrected chi connectivity index (χ3v) is 0.204. The molecule has 1 aliphatic rings. The average molecular weight is 106 g/mol. The van der Waals surface area contributed by atoms with Crippen LogP contribution in [-0.2, 0) is 4.74 Å². The van der Waals surface area contributed by atoms with Crippen LogP contribution in [0.5, 0.6) is 0 Å². The average Bonchev–Trinajstić information content (AvgIpc) is 2.02. The SMILES string of the molecule is C1CO1.CC(O)O. The van der Waals surface area contributed by atoms with E-state index in [0.29, 0.717) is 0 Å². The summed E-state index contributed by atoms with van der Waals surface area (Å²) < 4.78 is 4.50. The van der Waals surface area contributed by atoms with Gasteiger partial charge in [0.2, 0.25) is 0 Å². The fraction of sp³-hybridized carbons (Fsp3) is 1.00. The molecule has 3 nitrogen and oxygen atoms in total. The van der Waals surface area contributed by atoms with Crippen LogP contribution >= 0.6 is 0 Å². The number of aliphatic hydroxyl groups excluding tert-OH is 1. The van der Waals surface area contributed by atoms with Crippen molar-refractivity contribution in [3.8, 4) is 0 Å². The summed E-state index contributed by atoms with van der Waals surface area (Å²) >= 11 is 0. The van der Waals surface area contributed by atoms with Gasteiger partial charge in [0.05, 0.1) is 13.2 Å². The molecule has 0 spiro atoms. The minimum atomic E-state index is -1.17. The molecule has 0 saturated carbocycles. The van der Waals surface area contributed by atoms with Crippen LogP contribution in [0.15, 0.2) is 0 Å². The second kappa shape index (κ2) is 4.05. The first-order chi connectivity index (χ1) is 3.23. The molecule has 0 aliphatic carbocycles. The standard InChI is InChI=1S/C2H6O2.C2H4O/c1-2(3)4;1-2-3-1/h2-4H,1H3;1-2H2. The third-order valence-electron chi connectivity index (χ3n) is 0.204. The summed E-state index contributed by atoms with van der Waals surface area (Å²) in [6.07, 6.45) is -1.17. The Morgan fingerprint density at radius 1 is 1.43 bits per heavy atom. The molecule has 1 heterocycles. The number of ether oxygens (including phenoxy) is 1. The fourth-order valence-electron chi connectivity index (χ4n) is 0. The predicted molar refractivity (Wildman–Crippen MR) is 24.7 cm³/mol. The molecule has 0 aromatic heterocycles. The van der Waals surface area contributed by atoms with Crippen molar-refractivity contribution in [1.82, 2.24) is 0 Å². The Morgan fingerprint density at radius 2 is 1.57 bits per heavy atom. The fourth-order valence-corrected chi connectivity index (χ4v) is 0. The molecule has 3 heteroatoms. The van der Waals surface area contributed by atoms with Crippen LogP contribution < -0.4 is 0 Å². The molecule has 0 radical (unpaired) electrons. The van der Waals surface area contributed by atoms with Crippen molar-refractivity contribution in [3.63, 3.8) is 0 Å². The van der Waals surface area contributed by atoms with Crippen LogP contribution in [-0.4, -0.2) is 29.7 Å². The second-order valence-corrected chi connectivity index (χ2v) is 1.24. The second-order valence-electron chi connectivity index (χ2n) is 1.24. The van der Waals surface area contributed by atoms with E-state index >= 15 is 0 Å². The Labute approximate surface area is 42.5 Å². The first-order valence-corrected chi connectivity index (χ1v) is 2.17. The van der Waals surface area contributed by atoms with E-state index in [2.05, 4.69) is 4.74 Å². The summed E-state index contributed by atoms with van der Waals surface area (Å²) in [7, 11) is 0. The topological polar surface area (TPSA) is 53.0 Å². The van der Waals surface area contributed by atoms with Crippen molar-refractivity contribution in [2.75, 3.05) is 13.2 Å². The Hall–Kier alpha value is -0.120. The summed E-state index contributed by atoms with van der Waals surface area (Å²) in [5.74, 6) is 0. The molecule has 0 atom stereocenters. The first-order valence-electron chi connectivity index (χ1n) is 2.17. The molecule has 2 N–H and O–H groups in total. The Kier molecular flexibility index (Phi) is 3.98. The Bertz CT molecular complexity index is 28.4. The van der Waals surface area contributed by atoms with Gasteiger partial charge in [0.25, 0.3) is 0 Å². The molecular weight excluding hydrogens is 96.0 g/mol. The minimum Gasteiger partial charge on any atom is -0.377 e. The van der Waals surface area contributed by atoms with Gasteiger partial charge in [0.15, 0.2) is 0 Å². The summed E-state index contributed by atoms with van der Waals surface area (Å²) in [6.45, 7) is 3.28. The van der Waals surface area contributed by atoms with Gasteiger partial charge in [0, 0.05) is 0 Å². The zero-order chi connectivity index (χ0) is 5.70. The van der Waals surface area contributed by atoms with Gasteiger partial charge in [-0.05, 0) is 6.92 Å². The van der Waals surface area contributed by atoms with Gasteiger partial charge >= 0.3 is 0 Å². The zero-order valence-electron chi connectivity index (χ0n) is 4.29. The lowest BCUT2D eigenvalue weighted by atomic mass is 10.8. The predicted octanol–water partition coefficient (Wildman–Crippen LogP) is -0.666. The summed E-state index contributed by atoms with van der Waals surface area (Å²) in [5, 5.41) is 15.2. The Balaban J connectivity index is 0.000000105. The summed E-state index contributed by atoms with van der Waals surface area (Å²) in [5.41, 5.74) is 0. The molecule has 7 heavy (non-hydrogen) atoms. The van der Waals surface area contributed by atoms with Gasteiger partial charge < -0.3 is 14.9 Å². The van der Waals surface area contributed by atoms with Gasteiger partial charge in [-0.1, -0.05) is 0 Å². The molecule has 0 aromatic carbocycles. The maximum Gasteiger partial charge on any atom is 0.148 e. The van der Waals surface area contributed by atoms with Crippen molar-refractivity contribution in [1.29, 1.82) is 0 Å². The zero-order valence-corrected chi connectivity index (χ0v) is 4.29. The van der Waals surface area contributed by atoms with Gasteiger partial charge in [-0.15, -0.1) is 0 Å². The van der Waals surface area contributed by atoms with Crippen molar-refractivity contribution < 1.29 is 14.9 Å². The number of hydrogen-bond donors (Lipinski definition) is 2. The molecular formula is C4H10O3. The van der Waals surface area contributed by atoms with Crippen LogP contribution in [0.1, 0.15) is 6.92 Å². The number of aliphatic hydroxyl groups is 2. The van der Waals surface area contributed by atoms with E-state index in [0.717, 1.165) is 13.2 Å². The van der Waals surface area contributed by atoms with E-state index in [4.69, 9.17) is 10.2 Å². The minimum absolute atomic E-state index is 1.00. The molecule has 0 aromatic rings. The quantitative estimate of drug-likeness (QED) is 0.318. The lowest BCUT2D eigenvalue weighted by Gasteiger charge is -1.80. The lowest BCUT2D eigenvalue weighted by molar-refractivity contribution is -0.0228. The van der Waals surface area contributed by atoms with Gasteiger partial charge in [0.1, 0.15) is 6.29 Å². The number of hydrogen-bond acceptors (Lipinski definition) is 3. The van der Waals surface area contributed by atoms with E-state index in [1.54, 1.807) is 0 Å². The van der Waals surface area contributed by atoms with Gasteiger partial charge in [-0.2, -0.15) is 0 Å². The van der Waals surface area contributed by atoms with Crippen molar-refractivity contribution in [2.24, 2.45) is 0 Å². The summed E-state index contributed by atoms with van der Waals surface area (Å²) in [4.78, 5) is 0. The molecule has 0 bridgehead atoms. The molecule has 0 amide bonds. The van der Waals surface area contributed by atoms with E-state index < -0.39 is 6.29 Å². The van der Waals surface area contributed by atoms with Crippen LogP contribution in [0.2, 0.25) is 0 Å². The smallest absolute Gasteiger partial charge is 0.148 e. The third kappa shape index (κ3) is 114. The highest BCUT2D eigenvalue weighted by molar-refractivity contribution is 4.36. The van der Waals surface area contributed by atoms with Crippen molar-refractivity contribution in [2.45, 2.75) is 13.2 Å². The number of rotatable bonds is 0. The highest BCUT2D eigenvalue weighted by atomic mass is 16.6. The van der Waals surface area contributed by atoms with E-state index in [1.165, 1.54) is 6.92 Å². The molecule has 1 saturated heterocycles. The van der Waals surface area contributed by atoms with E-state index in [-0.39, 0.29) is 0 Å². The highest BCUT2D eigenvalue weighted by Gasteiger charge is 1.94. The normalized spacial score (nSPS) is 15.4. The maximum absolute atomic E-state index is 7.61. The molecule has 1 fully saturated rings. The summed E-state index contributed by atoms with van der Waals surface area (Å²) in [6, 6.07) is 0. The molecule has 44 valence electrons. The van der Waals surface area contributed by atoms with Gasteiger partial charge in [-0.3, -0.25) is 0 Å². The molecule has 0 unspecified atom stereocenters. The Morgan fingerprint density at radius 3 is 1.57 bits per heavy atom. The lowest BCUT2D eigenvalue weighted by Crippen LogP contribution is -1.92. The number of epoxide rings is 1. The van der Waals surface area contributed by atoms with E-state index in [9.17, 15) is 0 Å². The monoisotopic (exact) mass is 106 g/mol. The van der Waals surface area contributed by atoms with E-state index in [1.807, 2.05) is 0 Å². The van der Waals surface area contributed by atoms with Crippen LogP contribution in [0.25, 0.3) is 0 Å². The molecule has 1 aliphatic heterocycles. The first kappa shape index (κ1) is 6.88. The highest BCUT2D eigenvalue weighted by Crippen LogP contribution is 1.84. The largest absolute Gasteiger partial charge is 0.377 e. The van der Waals surface area contributed by atoms with Crippen LogP contribution in [0, 0.1) is 0 Å². The van der Waals surface area contributed by atoms with Crippen LogP contribution in [0.4, 0.5) is 0 Å². The molecule has 1 rings (SSSR count). The van der Waals surface area contributed by atoms with Crippen LogP contribution in [0.3, 0.4) is 0 Å². The van der Waals surface area contributed by atoms with Gasteiger partial charge in [-0.25, -0.2) is 0 Å². The van der Waals surface area contributed by atoms with Crippen molar-refractivity contribution >= 4 is 0 Å².